The summed E-state index contributed by atoms with van der Waals surface area (Å²) < 4.78 is 0. The van der Waals surface area contributed by atoms with Crippen molar-refractivity contribution in [1.29, 1.82) is 0 Å². The zero-order chi connectivity index (χ0) is 13.7. The summed E-state index contributed by atoms with van der Waals surface area (Å²) in [6, 6.07) is 3.57. The third-order valence-electron chi connectivity index (χ3n) is 2.56. The summed E-state index contributed by atoms with van der Waals surface area (Å²) >= 11 is 0. The van der Waals surface area contributed by atoms with Gasteiger partial charge >= 0.3 is 0 Å². The summed E-state index contributed by atoms with van der Waals surface area (Å²) in [5, 5.41) is 9.61. The van der Waals surface area contributed by atoms with Crippen molar-refractivity contribution < 1.29 is 4.79 Å². The van der Waals surface area contributed by atoms with Gasteiger partial charge in [0.25, 0.3) is 5.91 Å². The molecule has 0 aliphatic rings. The molecule has 0 spiro atoms. The zero-order valence-electron chi connectivity index (χ0n) is 10.9. The average molecular weight is 260 g/mol. The molecule has 2 aromatic rings. The highest BCUT2D eigenvalue weighted by molar-refractivity contribution is 5.92. The Bertz CT molecular complexity index is 539. The first-order valence-corrected chi connectivity index (χ1v) is 6.00. The molecule has 7 heteroatoms. The van der Waals surface area contributed by atoms with Gasteiger partial charge < -0.3 is 10.2 Å². The smallest absolute Gasteiger partial charge is 0.272 e. The molecule has 2 heterocycles. The van der Waals surface area contributed by atoms with Gasteiger partial charge in [0.2, 0.25) is 0 Å². The molecular weight excluding hydrogens is 244 g/mol. The molecule has 0 saturated carbocycles. The van der Waals surface area contributed by atoms with Crippen molar-refractivity contribution in [1.82, 2.24) is 25.1 Å². The molecule has 0 saturated heterocycles. The number of pyridine rings is 1. The summed E-state index contributed by atoms with van der Waals surface area (Å²) in [6.07, 6.45) is 3.03. The lowest BCUT2D eigenvalue weighted by atomic mass is 10.3. The number of carbonyl (C=O) groups excluding carboxylic acids is 1. The Morgan fingerprint density at radius 2 is 2.32 bits per heavy atom. The predicted octanol–water partition coefficient (Wildman–Crippen LogP) is 0.904. The molecule has 0 radical (unpaired) electrons. The van der Waals surface area contributed by atoms with E-state index in [9.17, 15) is 4.79 Å². The number of amides is 1. The molecule has 0 unspecified atom stereocenters. The molecule has 19 heavy (non-hydrogen) atoms. The summed E-state index contributed by atoms with van der Waals surface area (Å²) in [5.74, 6) is 0.481. The minimum absolute atomic E-state index is 0.156. The van der Waals surface area contributed by atoms with Crippen molar-refractivity contribution in [3.8, 4) is 0 Å². The van der Waals surface area contributed by atoms with E-state index in [0.717, 1.165) is 12.2 Å². The largest absolute Gasteiger partial charge is 0.385 e. The van der Waals surface area contributed by atoms with Gasteiger partial charge in [-0.25, -0.2) is 4.98 Å². The van der Waals surface area contributed by atoms with Gasteiger partial charge in [-0.15, -0.1) is 0 Å². The molecule has 7 nitrogen and oxygen atoms in total. The van der Waals surface area contributed by atoms with Gasteiger partial charge in [0, 0.05) is 25.5 Å². The molecule has 0 bridgehead atoms. The maximum atomic E-state index is 12.2. The van der Waals surface area contributed by atoms with Crippen LogP contribution in [0.25, 0.3) is 0 Å². The van der Waals surface area contributed by atoms with Gasteiger partial charge in [-0.3, -0.25) is 14.9 Å². The molecule has 0 aliphatic heterocycles. The number of aromatic nitrogens is 4. The summed E-state index contributed by atoms with van der Waals surface area (Å²) in [7, 11) is 1.70. The van der Waals surface area contributed by atoms with Gasteiger partial charge in [-0.2, -0.15) is 5.10 Å². The Hall–Kier alpha value is -2.44. The number of hydrogen-bond acceptors (Lipinski definition) is 5. The fourth-order valence-electron chi connectivity index (χ4n) is 1.66. The van der Waals surface area contributed by atoms with E-state index in [1.54, 1.807) is 24.2 Å². The molecule has 1 amide bonds. The maximum Gasteiger partial charge on any atom is 0.272 e. The van der Waals surface area contributed by atoms with Crippen molar-refractivity contribution in [2.45, 2.75) is 13.5 Å². The lowest BCUT2D eigenvalue weighted by molar-refractivity contribution is 0.0776. The van der Waals surface area contributed by atoms with Crippen LogP contribution in [0.5, 0.6) is 0 Å². The van der Waals surface area contributed by atoms with Crippen LogP contribution in [0.3, 0.4) is 0 Å². The number of aromatic amines is 1. The van der Waals surface area contributed by atoms with Gasteiger partial charge in [0.15, 0.2) is 0 Å². The lowest BCUT2D eigenvalue weighted by Crippen LogP contribution is -2.27. The Morgan fingerprint density at radius 3 is 3.00 bits per heavy atom. The molecule has 0 aliphatic carbocycles. The molecule has 2 aromatic heterocycles. The Morgan fingerprint density at radius 1 is 1.47 bits per heavy atom. The van der Waals surface area contributed by atoms with Gasteiger partial charge in [0.1, 0.15) is 17.8 Å². The van der Waals surface area contributed by atoms with E-state index >= 15 is 0 Å². The van der Waals surface area contributed by atoms with Crippen LogP contribution in [0.2, 0.25) is 0 Å². The van der Waals surface area contributed by atoms with Crippen molar-refractivity contribution in [3.05, 3.63) is 36.2 Å². The van der Waals surface area contributed by atoms with E-state index in [0.29, 0.717) is 18.1 Å². The molecule has 2 N–H and O–H groups in total. The van der Waals surface area contributed by atoms with Crippen LogP contribution in [0.4, 0.5) is 5.69 Å². The standard InChI is InChI=1S/C12H16N6O/c1-3-13-9-4-5-14-10(6-9)12(19)18(2)7-11-15-8-16-17-11/h4-6,8H,3,7H2,1-2H3,(H,13,14)(H,15,16,17). The van der Waals surface area contributed by atoms with Gasteiger partial charge in [-0.1, -0.05) is 0 Å². The van der Waals surface area contributed by atoms with Crippen molar-refractivity contribution >= 4 is 11.6 Å². The highest BCUT2D eigenvalue weighted by Crippen LogP contribution is 2.10. The molecule has 100 valence electrons. The fourth-order valence-corrected chi connectivity index (χ4v) is 1.66. The topological polar surface area (TPSA) is 86.8 Å². The number of H-pyrrole nitrogens is 1. The fraction of sp³-hybridized carbons (Fsp3) is 0.333. The van der Waals surface area contributed by atoms with E-state index in [1.165, 1.54) is 6.33 Å². The number of carbonyl (C=O) groups is 1. The van der Waals surface area contributed by atoms with E-state index in [1.807, 2.05) is 13.0 Å². The lowest BCUT2D eigenvalue weighted by Gasteiger charge is -2.15. The minimum atomic E-state index is -0.156. The van der Waals surface area contributed by atoms with Gasteiger partial charge in [-0.05, 0) is 19.1 Å². The highest BCUT2D eigenvalue weighted by Gasteiger charge is 2.14. The van der Waals surface area contributed by atoms with E-state index in [4.69, 9.17) is 0 Å². The normalized spacial score (nSPS) is 10.2. The van der Waals surface area contributed by atoms with Crippen LogP contribution in [-0.4, -0.2) is 44.6 Å². The number of anilines is 1. The summed E-state index contributed by atoms with van der Waals surface area (Å²) in [5.41, 5.74) is 1.29. The molecule has 2 rings (SSSR count). The SMILES string of the molecule is CCNc1ccnc(C(=O)N(C)Cc2ncn[nH]2)c1. The predicted molar refractivity (Wildman–Crippen MR) is 70.6 cm³/mol. The van der Waals surface area contributed by atoms with Crippen molar-refractivity contribution in [3.63, 3.8) is 0 Å². The molecule has 0 fully saturated rings. The van der Waals surface area contributed by atoms with Crippen molar-refractivity contribution in [2.75, 3.05) is 18.9 Å². The van der Waals surface area contributed by atoms with Crippen LogP contribution in [-0.2, 0) is 6.54 Å². The monoisotopic (exact) mass is 260 g/mol. The number of hydrogen-bond donors (Lipinski definition) is 2. The third kappa shape index (κ3) is 3.27. The second-order valence-electron chi connectivity index (χ2n) is 4.05. The quantitative estimate of drug-likeness (QED) is 0.834. The number of rotatable bonds is 5. The molecular formula is C12H16N6O. The zero-order valence-corrected chi connectivity index (χ0v) is 10.9. The molecule has 0 atom stereocenters. The van der Waals surface area contributed by atoms with Crippen molar-refractivity contribution in [2.24, 2.45) is 0 Å². The Kier molecular flexibility index (Phi) is 4.07. The maximum absolute atomic E-state index is 12.2. The van der Waals surface area contributed by atoms with Crippen LogP contribution in [0, 0.1) is 0 Å². The summed E-state index contributed by atoms with van der Waals surface area (Å²) in [4.78, 5) is 21.8. The van der Waals surface area contributed by atoms with Crippen LogP contribution in [0.1, 0.15) is 23.2 Å². The minimum Gasteiger partial charge on any atom is -0.385 e. The van der Waals surface area contributed by atoms with Crippen LogP contribution >= 0.6 is 0 Å². The van der Waals surface area contributed by atoms with Crippen LogP contribution < -0.4 is 5.32 Å². The first-order chi connectivity index (χ1) is 9.20. The van der Waals surface area contributed by atoms with Gasteiger partial charge in [0.05, 0.1) is 6.54 Å². The van der Waals surface area contributed by atoms with Crippen LogP contribution in [0.15, 0.2) is 24.7 Å². The second-order valence-corrected chi connectivity index (χ2v) is 4.05. The van der Waals surface area contributed by atoms with E-state index in [2.05, 4.69) is 25.5 Å². The second kappa shape index (κ2) is 5.94. The Labute approximate surface area is 111 Å². The molecule has 0 aromatic carbocycles. The first kappa shape index (κ1) is 13.0. The summed E-state index contributed by atoms with van der Waals surface area (Å²) in [6.45, 7) is 3.16. The average Bonchev–Trinajstić information content (AvgIpc) is 2.91. The number of nitrogens with one attached hydrogen (secondary N) is 2. The van der Waals surface area contributed by atoms with E-state index in [-0.39, 0.29) is 5.91 Å². The number of nitrogens with zero attached hydrogens (tertiary/aromatic N) is 4. The first-order valence-electron chi connectivity index (χ1n) is 6.00. The highest BCUT2D eigenvalue weighted by atomic mass is 16.2. The van der Waals surface area contributed by atoms with E-state index < -0.39 is 0 Å². The third-order valence-corrected chi connectivity index (χ3v) is 2.56. The Balaban J connectivity index is 2.08.